The fourth-order valence-corrected chi connectivity index (χ4v) is 5.27. The van der Waals surface area contributed by atoms with Crippen molar-refractivity contribution in [2.45, 2.75) is 38.1 Å². The van der Waals surface area contributed by atoms with Gasteiger partial charge < -0.3 is 18.6 Å². The fourth-order valence-electron chi connectivity index (χ4n) is 4.74. The van der Waals surface area contributed by atoms with Crippen LogP contribution in [0.15, 0.2) is 43.1 Å². The van der Waals surface area contributed by atoms with Gasteiger partial charge >= 0.3 is 6.18 Å². The first-order valence-electron chi connectivity index (χ1n) is 13.5. The number of hydrogen-bond donors (Lipinski definition) is 0. The van der Waals surface area contributed by atoms with E-state index in [2.05, 4.69) is 24.9 Å². The maximum atomic E-state index is 13.1. The minimum absolute atomic E-state index is 0.0499. The first-order valence-corrected chi connectivity index (χ1v) is 15.6. The molecule has 0 aliphatic heterocycles. The molecule has 0 radical (unpaired) electrons. The summed E-state index contributed by atoms with van der Waals surface area (Å²) in [5.74, 6) is 0.971. The van der Waals surface area contributed by atoms with Gasteiger partial charge in [-0.2, -0.15) is 18.2 Å². The second-order valence-corrected chi connectivity index (χ2v) is 12.8. The van der Waals surface area contributed by atoms with Crippen LogP contribution < -0.4 is 9.47 Å². The average molecular weight is 629 g/mol. The Morgan fingerprint density at radius 3 is 2.41 bits per heavy atom. The van der Waals surface area contributed by atoms with E-state index in [9.17, 15) is 21.6 Å². The zero-order valence-electron chi connectivity index (χ0n) is 23.9. The van der Waals surface area contributed by atoms with Crippen molar-refractivity contribution >= 4 is 21.0 Å². The van der Waals surface area contributed by atoms with Gasteiger partial charge in [0.25, 0.3) is 0 Å². The highest BCUT2D eigenvalue weighted by Gasteiger charge is 2.35. The molecule has 16 heteroatoms. The van der Waals surface area contributed by atoms with Crippen LogP contribution in [0.1, 0.15) is 35.7 Å². The van der Waals surface area contributed by atoms with E-state index in [1.54, 1.807) is 28.8 Å². The molecule has 230 valence electrons. The summed E-state index contributed by atoms with van der Waals surface area (Å²) >= 11 is 0. The number of rotatable bonds is 10. The Kier molecular flexibility index (Phi) is 7.47. The van der Waals surface area contributed by atoms with E-state index in [4.69, 9.17) is 14.5 Å². The summed E-state index contributed by atoms with van der Waals surface area (Å²) < 4.78 is 77.8. The van der Waals surface area contributed by atoms with Crippen LogP contribution in [0.3, 0.4) is 0 Å². The van der Waals surface area contributed by atoms with E-state index in [1.165, 1.54) is 31.4 Å². The standard InChI is InChI=1S/C28H27F3N8O4S/c1-38-12-19(28(29,30)31)35-24(38)18-6-4-16(5-7-18)13-43-27-22-25(39(15-34-22)10-11-44(3,40)41)36-23(37-27)20-21(17-8-9-17)32-14-33-26(20)42-2/h4-7,12,14-15,17H,8-11,13H2,1-3H3. The summed E-state index contributed by atoms with van der Waals surface area (Å²) in [7, 11) is -0.269. The smallest absolute Gasteiger partial charge is 0.434 e. The molecule has 1 fully saturated rings. The third-order valence-electron chi connectivity index (χ3n) is 7.11. The number of methoxy groups -OCH3 is 1. The molecule has 5 aromatic rings. The average Bonchev–Trinajstić information content (AvgIpc) is 3.63. The second kappa shape index (κ2) is 11.2. The van der Waals surface area contributed by atoms with Crippen molar-refractivity contribution in [2.24, 2.45) is 7.05 Å². The van der Waals surface area contributed by atoms with Crippen molar-refractivity contribution in [1.82, 2.24) is 39.0 Å². The van der Waals surface area contributed by atoms with E-state index < -0.39 is 21.7 Å². The van der Waals surface area contributed by atoms with Gasteiger partial charge in [0, 0.05) is 37.5 Å². The van der Waals surface area contributed by atoms with E-state index in [0.29, 0.717) is 33.7 Å². The molecule has 0 unspecified atom stereocenters. The van der Waals surface area contributed by atoms with Crippen LogP contribution in [0.5, 0.6) is 11.8 Å². The van der Waals surface area contributed by atoms with Crippen molar-refractivity contribution in [3.8, 4) is 34.5 Å². The Balaban J connectivity index is 1.34. The number of aromatic nitrogens is 8. The molecule has 0 N–H and O–H groups in total. The van der Waals surface area contributed by atoms with Gasteiger partial charge in [0.15, 0.2) is 22.7 Å². The molecule has 4 heterocycles. The van der Waals surface area contributed by atoms with Crippen molar-refractivity contribution in [3.05, 3.63) is 60.1 Å². The van der Waals surface area contributed by atoms with Crippen LogP contribution in [0, 0.1) is 0 Å². The topological polar surface area (TPSA) is 140 Å². The maximum absolute atomic E-state index is 13.1. The third-order valence-corrected chi connectivity index (χ3v) is 8.04. The molecule has 44 heavy (non-hydrogen) atoms. The van der Waals surface area contributed by atoms with Crippen LogP contribution in [-0.2, 0) is 36.2 Å². The van der Waals surface area contributed by atoms with Gasteiger partial charge in [-0.05, 0) is 18.4 Å². The first kappa shape index (κ1) is 29.5. The third kappa shape index (κ3) is 6.06. The molecule has 0 atom stereocenters. The summed E-state index contributed by atoms with van der Waals surface area (Å²) in [6.07, 6.45) is 2.38. The van der Waals surface area contributed by atoms with E-state index in [1.807, 2.05) is 0 Å². The predicted molar refractivity (Wildman–Crippen MR) is 153 cm³/mol. The number of benzene rings is 1. The van der Waals surface area contributed by atoms with Gasteiger partial charge in [0.05, 0.1) is 24.9 Å². The van der Waals surface area contributed by atoms with Crippen molar-refractivity contribution < 1.29 is 31.1 Å². The lowest BCUT2D eigenvalue weighted by Crippen LogP contribution is -2.11. The number of hydrogen-bond acceptors (Lipinski definition) is 10. The maximum Gasteiger partial charge on any atom is 0.434 e. The Morgan fingerprint density at radius 2 is 1.77 bits per heavy atom. The van der Waals surface area contributed by atoms with Crippen LogP contribution in [0.2, 0.25) is 0 Å². The van der Waals surface area contributed by atoms with Crippen LogP contribution >= 0.6 is 0 Å². The SMILES string of the molecule is COc1ncnc(C2CC2)c1-c1nc(OCc2ccc(-c3nc(C(F)(F)F)cn3C)cc2)c2ncn(CCS(C)(=O)=O)c2n1. The van der Waals surface area contributed by atoms with Gasteiger partial charge in [-0.1, -0.05) is 24.3 Å². The lowest BCUT2D eigenvalue weighted by atomic mass is 10.1. The lowest BCUT2D eigenvalue weighted by Gasteiger charge is -2.13. The van der Waals surface area contributed by atoms with Gasteiger partial charge in [-0.3, -0.25) is 0 Å². The van der Waals surface area contributed by atoms with Crippen LogP contribution in [-0.4, -0.2) is 66.6 Å². The minimum atomic E-state index is -4.54. The molecule has 0 spiro atoms. The lowest BCUT2D eigenvalue weighted by molar-refractivity contribution is -0.140. The number of alkyl halides is 3. The number of halogens is 3. The summed E-state index contributed by atoms with van der Waals surface area (Å²) in [5.41, 5.74) is 2.23. The highest BCUT2D eigenvalue weighted by molar-refractivity contribution is 7.90. The van der Waals surface area contributed by atoms with Gasteiger partial charge in [-0.15, -0.1) is 0 Å². The Hall–Kier alpha value is -4.60. The zero-order valence-corrected chi connectivity index (χ0v) is 24.7. The molecule has 0 saturated heterocycles. The number of aryl methyl sites for hydroxylation is 2. The number of sulfone groups is 1. The van der Waals surface area contributed by atoms with Crippen molar-refractivity contribution in [2.75, 3.05) is 19.1 Å². The van der Waals surface area contributed by atoms with Gasteiger partial charge in [0.2, 0.25) is 11.8 Å². The molecule has 4 aromatic heterocycles. The Labute approximate surface area is 249 Å². The van der Waals surface area contributed by atoms with Crippen LogP contribution in [0.25, 0.3) is 33.9 Å². The molecule has 1 aliphatic rings. The van der Waals surface area contributed by atoms with E-state index >= 15 is 0 Å². The summed E-state index contributed by atoms with van der Waals surface area (Å²) in [4.78, 5) is 26.3. The number of ether oxygens (including phenoxy) is 2. The van der Waals surface area contributed by atoms with E-state index in [0.717, 1.165) is 31.0 Å². The number of imidazole rings is 2. The monoisotopic (exact) mass is 628 g/mol. The number of fused-ring (bicyclic) bond motifs is 1. The first-order chi connectivity index (χ1) is 20.9. The van der Waals surface area contributed by atoms with Crippen molar-refractivity contribution in [1.29, 1.82) is 0 Å². The summed E-state index contributed by atoms with van der Waals surface area (Å²) in [6, 6.07) is 6.77. The quantitative estimate of drug-likeness (QED) is 0.221. The molecular weight excluding hydrogens is 601 g/mol. The van der Waals surface area contributed by atoms with E-state index in [-0.39, 0.29) is 42.4 Å². The molecule has 0 bridgehead atoms. The number of nitrogens with zero attached hydrogens (tertiary/aromatic N) is 8. The largest absolute Gasteiger partial charge is 0.480 e. The summed E-state index contributed by atoms with van der Waals surface area (Å²) in [5, 5.41) is 0. The fraction of sp³-hybridized carbons (Fsp3) is 0.357. The zero-order chi connectivity index (χ0) is 31.2. The van der Waals surface area contributed by atoms with Crippen molar-refractivity contribution in [3.63, 3.8) is 0 Å². The van der Waals surface area contributed by atoms with Gasteiger partial charge in [-0.25, -0.2) is 33.3 Å². The molecule has 0 amide bonds. The molecule has 1 aromatic carbocycles. The highest BCUT2D eigenvalue weighted by atomic mass is 32.2. The normalized spacial score (nSPS) is 13.9. The molecule has 1 saturated carbocycles. The molecule has 1 aliphatic carbocycles. The Bertz CT molecular complexity index is 1950. The minimum Gasteiger partial charge on any atom is -0.480 e. The molecular formula is C28H27F3N8O4S. The molecule has 6 rings (SSSR count). The van der Waals surface area contributed by atoms with Crippen LogP contribution in [0.4, 0.5) is 13.2 Å². The predicted octanol–water partition coefficient (Wildman–Crippen LogP) is 4.21. The second-order valence-electron chi connectivity index (χ2n) is 10.6. The Morgan fingerprint density at radius 1 is 1.02 bits per heavy atom. The highest BCUT2D eigenvalue weighted by Crippen LogP contribution is 2.45. The summed E-state index contributed by atoms with van der Waals surface area (Å²) in [6.45, 7) is 0.169. The van der Waals surface area contributed by atoms with Gasteiger partial charge in [0.1, 0.15) is 34.2 Å². The molecule has 12 nitrogen and oxygen atoms in total.